The average molecular weight is 278 g/mol. The number of para-hydroxylation sites is 1. The molecule has 1 aromatic carbocycles. The molecule has 0 heterocycles. The van der Waals surface area contributed by atoms with E-state index in [0.717, 1.165) is 11.3 Å². The molecule has 19 heavy (non-hydrogen) atoms. The number of carbonyl (C=O) groups excluding carboxylic acids is 1. The lowest BCUT2D eigenvalue weighted by Crippen LogP contribution is -2.37. The molecule has 0 spiro atoms. The molecule has 0 aliphatic heterocycles. The Labute approximate surface area is 120 Å². The zero-order valence-electron chi connectivity index (χ0n) is 12.2. The van der Waals surface area contributed by atoms with Crippen LogP contribution in [0.15, 0.2) is 18.2 Å². The highest BCUT2D eigenvalue weighted by atomic mass is 32.1. The zero-order valence-corrected chi connectivity index (χ0v) is 13.0. The summed E-state index contributed by atoms with van der Waals surface area (Å²) in [5, 5.41) is 6.20. The Morgan fingerprint density at radius 1 is 1.21 bits per heavy atom. The number of hydrogen-bond donors (Lipinski definition) is 2. The van der Waals surface area contributed by atoms with Crippen LogP contribution in [0.1, 0.15) is 44.7 Å². The highest BCUT2D eigenvalue weighted by Crippen LogP contribution is 2.27. The van der Waals surface area contributed by atoms with Crippen LogP contribution in [0.3, 0.4) is 0 Å². The largest absolute Gasteiger partial charge is 0.332 e. The molecule has 0 aromatic heterocycles. The fraction of sp³-hybridized carbons (Fsp3) is 0.467. The first kappa shape index (κ1) is 15.6. The van der Waals surface area contributed by atoms with Gasteiger partial charge in [0.1, 0.15) is 0 Å². The molecular formula is C15H22N2OS. The Morgan fingerprint density at radius 2 is 1.84 bits per heavy atom. The molecular weight excluding hydrogens is 256 g/mol. The number of rotatable bonds is 3. The van der Waals surface area contributed by atoms with Crippen LogP contribution < -0.4 is 10.6 Å². The summed E-state index contributed by atoms with van der Waals surface area (Å²) < 4.78 is 0. The van der Waals surface area contributed by atoms with Crippen molar-refractivity contribution in [2.75, 3.05) is 5.32 Å². The SMILES string of the molecule is Cc1cccc(C(C)C)c1NC(=S)NC(=O)C(C)C. The predicted molar refractivity (Wildman–Crippen MR) is 84.5 cm³/mol. The molecule has 0 bridgehead atoms. The van der Waals surface area contributed by atoms with Gasteiger partial charge in [0.15, 0.2) is 5.11 Å². The van der Waals surface area contributed by atoms with Crippen molar-refractivity contribution in [1.29, 1.82) is 0 Å². The maximum Gasteiger partial charge on any atom is 0.228 e. The predicted octanol–water partition coefficient (Wildman–Crippen LogP) is 3.59. The van der Waals surface area contributed by atoms with Crippen LogP contribution in [0.2, 0.25) is 0 Å². The first-order valence-electron chi connectivity index (χ1n) is 6.54. The molecule has 1 amide bonds. The van der Waals surface area contributed by atoms with E-state index in [4.69, 9.17) is 12.2 Å². The van der Waals surface area contributed by atoms with E-state index in [-0.39, 0.29) is 11.8 Å². The fourth-order valence-electron chi connectivity index (χ4n) is 1.74. The van der Waals surface area contributed by atoms with Crippen LogP contribution in [0.4, 0.5) is 5.69 Å². The Balaban J connectivity index is 2.88. The minimum Gasteiger partial charge on any atom is -0.332 e. The van der Waals surface area contributed by atoms with Gasteiger partial charge in [0.2, 0.25) is 5.91 Å². The summed E-state index contributed by atoms with van der Waals surface area (Å²) in [6.45, 7) is 9.98. The van der Waals surface area contributed by atoms with Crippen LogP contribution in [-0.2, 0) is 4.79 Å². The van der Waals surface area contributed by atoms with Gasteiger partial charge in [-0.3, -0.25) is 4.79 Å². The second-order valence-corrected chi connectivity index (χ2v) is 5.70. The summed E-state index contributed by atoms with van der Waals surface area (Å²) in [6, 6.07) is 6.14. The average Bonchev–Trinajstić information content (AvgIpc) is 2.31. The van der Waals surface area contributed by atoms with Crippen molar-refractivity contribution in [1.82, 2.24) is 5.32 Å². The Kier molecular flexibility index (Phi) is 5.48. The third-order valence-electron chi connectivity index (χ3n) is 2.93. The summed E-state index contributed by atoms with van der Waals surface area (Å²) in [6.07, 6.45) is 0. The molecule has 0 saturated carbocycles. The first-order chi connectivity index (χ1) is 8.82. The number of carbonyl (C=O) groups is 1. The van der Waals surface area contributed by atoms with E-state index in [1.165, 1.54) is 5.56 Å². The van der Waals surface area contributed by atoms with E-state index in [0.29, 0.717) is 11.0 Å². The van der Waals surface area contributed by atoms with Gasteiger partial charge in [-0.25, -0.2) is 0 Å². The van der Waals surface area contributed by atoms with Gasteiger partial charge in [0, 0.05) is 11.6 Å². The first-order valence-corrected chi connectivity index (χ1v) is 6.95. The van der Waals surface area contributed by atoms with Crippen molar-refractivity contribution in [3.8, 4) is 0 Å². The Morgan fingerprint density at radius 3 is 2.37 bits per heavy atom. The molecule has 1 aromatic rings. The molecule has 0 aliphatic carbocycles. The maximum absolute atomic E-state index is 11.6. The molecule has 0 saturated heterocycles. The smallest absolute Gasteiger partial charge is 0.228 e. The van der Waals surface area contributed by atoms with Crippen molar-refractivity contribution >= 4 is 28.9 Å². The van der Waals surface area contributed by atoms with Gasteiger partial charge in [0.25, 0.3) is 0 Å². The quantitative estimate of drug-likeness (QED) is 0.830. The lowest BCUT2D eigenvalue weighted by atomic mass is 9.98. The molecule has 0 radical (unpaired) electrons. The fourth-order valence-corrected chi connectivity index (χ4v) is 1.95. The van der Waals surface area contributed by atoms with Gasteiger partial charge in [-0.05, 0) is 36.2 Å². The molecule has 104 valence electrons. The monoisotopic (exact) mass is 278 g/mol. The molecule has 0 unspecified atom stereocenters. The number of aryl methyl sites for hydroxylation is 1. The van der Waals surface area contributed by atoms with Gasteiger partial charge in [-0.1, -0.05) is 45.9 Å². The topological polar surface area (TPSA) is 41.1 Å². The summed E-state index contributed by atoms with van der Waals surface area (Å²) in [5.41, 5.74) is 3.31. The molecule has 0 atom stereocenters. The van der Waals surface area contributed by atoms with E-state index in [9.17, 15) is 4.79 Å². The van der Waals surface area contributed by atoms with Crippen LogP contribution in [-0.4, -0.2) is 11.0 Å². The molecule has 4 heteroatoms. The number of hydrogen-bond acceptors (Lipinski definition) is 2. The minimum absolute atomic E-state index is 0.0721. The van der Waals surface area contributed by atoms with Crippen LogP contribution >= 0.6 is 12.2 Å². The summed E-state index contributed by atoms with van der Waals surface area (Å²) in [4.78, 5) is 11.6. The van der Waals surface area contributed by atoms with Crippen LogP contribution in [0.25, 0.3) is 0 Å². The van der Waals surface area contributed by atoms with Crippen LogP contribution in [0, 0.1) is 12.8 Å². The Bertz CT molecular complexity index is 481. The zero-order chi connectivity index (χ0) is 14.6. The lowest BCUT2D eigenvalue weighted by Gasteiger charge is -2.18. The third kappa shape index (κ3) is 4.31. The Hall–Kier alpha value is -1.42. The standard InChI is InChI=1S/C15H22N2OS/c1-9(2)12-8-6-7-11(5)13(12)16-15(19)17-14(18)10(3)4/h6-10H,1-5H3,(H2,16,17,18,19). The van der Waals surface area contributed by atoms with E-state index >= 15 is 0 Å². The van der Waals surface area contributed by atoms with E-state index in [1.54, 1.807) is 0 Å². The highest BCUT2D eigenvalue weighted by molar-refractivity contribution is 7.80. The van der Waals surface area contributed by atoms with E-state index in [2.05, 4.69) is 30.5 Å². The molecule has 3 nitrogen and oxygen atoms in total. The lowest BCUT2D eigenvalue weighted by molar-refractivity contribution is -0.122. The van der Waals surface area contributed by atoms with Gasteiger partial charge >= 0.3 is 0 Å². The summed E-state index contributed by atoms with van der Waals surface area (Å²) in [5.74, 6) is 0.240. The van der Waals surface area contributed by atoms with E-state index < -0.39 is 0 Å². The van der Waals surface area contributed by atoms with Gasteiger partial charge in [-0.2, -0.15) is 0 Å². The number of amides is 1. The van der Waals surface area contributed by atoms with Crippen molar-refractivity contribution < 1.29 is 4.79 Å². The number of thiocarbonyl (C=S) groups is 1. The minimum atomic E-state index is -0.0822. The number of nitrogens with one attached hydrogen (secondary N) is 2. The third-order valence-corrected chi connectivity index (χ3v) is 3.13. The van der Waals surface area contributed by atoms with Crippen molar-refractivity contribution in [2.24, 2.45) is 5.92 Å². The van der Waals surface area contributed by atoms with Gasteiger partial charge < -0.3 is 10.6 Å². The van der Waals surface area contributed by atoms with Crippen molar-refractivity contribution in [2.45, 2.75) is 40.5 Å². The van der Waals surface area contributed by atoms with Crippen LogP contribution in [0.5, 0.6) is 0 Å². The van der Waals surface area contributed by atoms with Crippen molar-refractivity contribution in [3.05, 3.63) is 29.3 Å². The number of anilines is 1. The van der Waals surface area contributed by atoms with E-state index in [1.807, 2.05) is 32.9 Å². The molecule has 0 fully saturated rings. The van der Waals surface area contributed by atoms with Crippen molar-refractivity contribution in [3.63, 3.8) is 0 Å². The normalized spacial score (nSPS) is 10.7. The number of benzene rings is 1. The second-order valence-electron chi connectivity index (χ2n) is 5.29. The maximum atomic E-state index is 11.6. The molecule has 1 rings (SSSR count). The second kappa shape index (κ2) is 6.66. The highest BCUT2D eigenvalue weighted by Gasteiger charge is 2.13. The van der Waals surface area contributed by atoms with Gasteiger partial charge in [0.05, 0.1) is 0 Å². The summed E-state index contributed by atoms with van der Waals surface area (Å²) >= 11 is 5.19. The van der Waals surface area contributed by atoms with Gasteiger partial charge in [-0.15, -0.1) is 0 Å². The molecule has 0 aliphatic rings. The summed E-state index contributed by atoms with van der Waals surface area (Å²) in [7, 11) is 0. The molecule has 2 N–H and O–H groups in total.